The lowest BCUT2D eigenvalue weighted by Crippen LogP contribution is -2.44. The minimum Gasteiger partial charge on any atom is -0.247 e. The molecule has 0 radical (unpaired) electrons. The summed E-state index contributed by atoms with van der Waals surface area (Å²) in [6.07, 6.45) is 7.09. The molecule has 0 bridgehead atoms. The van der Waals surface area contributed by atoms with E-state index in [0.717, 1.165) is 12.5 Å². The van der Waals surface area contributed by atoms with E-state index in [1.807, 2.05) is 6.08 Å². The molecule has 1 fully saturated rings. The van der Waals surface area contributed by atoms with Crippen LogP contribution in [0.15, 0.2) is 12.7 Å². The summed E-state index contributed by atoms with van der Waals surface area (Å²) < 4.78 is 0. The molecule has 0 saturated carbocycles. The number of nitrogens with zero attached hydrogens (tertiary/aromatic N) is 2. The van der Waals surface area contributed by atoms with Gasteiger partial charge in [-0.05, 0) is 32.6 Å². The van der Waals surface area contributed by atoms with Crippen molar-refractivity contribution in [3.63, 3.8) is 0 Å². The maximum atomic E-state index is 3.78. The van der Waals surface area contributed by atoms with Crippen LogP contribution in [-0.4, -0.2) is 36.2 Å². The molecule has 1 heterocycles. The normalized spacial score (nSPS) is 29.8. The first kappa shape index (κ1) is 10.7. The van der Waals surface area contributed by atoms with E-state index in [-0.39, 0.29) is 0 Å². The monoisotopic (exact) mass is 182 g/mol. The molecule has 2 atom stereocenters. The van der Waals surface area contributed by atoms with Gasteiger partial charge in [0.25, 0.3) is 0 Å². The second kappa shape index (κ2) is 4.77. The van der Waals surface area contributed by atoms with Crippen LogP contribution in [0.5, 0.6) is 0 Å². The van der Waals surface area contributed by atoms with Gasteiger partial charge in [-0.3, -0.25) is 0 Å². The van der Waals surface area contributed by atoms with Gasteiger partial charge >= 0.3 is 0 Å². The highest BCUT2D eigenvalue weighted by molar-refractivity contribution is 4.84. The Labute approximate surface area is 82.2 Å². The Morgan fingerprint density at radius 2 is 2.15 bits per heavy atom. The summed E-state index contributed by atoms with van der Waals surface area (Å²) in [6, 6.07) is 1.45. The zero-order valence-electron chi connectivity index (χ0n) is 9.16. The second-order valence-electron chi connectivity index (χ2n) is 4.17. The molecule has 1 rings (SSSR count). The van der Waals surface area contributed by atoms with E-state index < -0.39 is 0 Å². The fourth-order valence-corrected chi connectivity index (χ4v) is 2.37. The maximum absolute atomic E-state index is 3.78. The molecule has 1 aliphatic heterocycles. The highest BCUT2D eigenvalue weighted by Crippen LogP contribution is 2.27. The zero-order valence-corrected chi connectivity index (χ0v) is 9.16. The van der Waals surface area contributed by atoms with Crippen LogP contribution in [0.2, 0.25) is 0 Å². The number of hydrogen-bond acceptors (Lipinski definition) is 2. The van der Waals surface area contributed by atoms with Gasteiger partial charge in [0.05, 0.1) is 0 Å². The molecule has 0 aromatic rings. The van der Waals surface area contributed by atoms with Crippen LogP contribution in [0.1, 0.15) is 32.6 Å². The van der Waals surface area contributed by atoms with Gasteiger partial charge in [0.15, 0.2) is 0 Å². The van der Waals surface area contributed by atoms with Crippen molar-refractivity contribution in [1.82, 2.24) is 10.0 Å². The van der Waals surface area contributed by atoms with E-state index in [4.69, 9.17) is 0 Å². The number of allylic oxidation sites excluding steroid dienone is 1. The van der Waals surface area contributed by atoms with Crippen molar-refractivity contribution in [1.29, 1.82) is 0 Å². The largest absolute Gasteiger partial charge is 0.247 e. The Morgan fingerprint density at radius 1 is 1.46 bits per heavy atom. The van der Waals surface area contributed by atoms with Crippen molar-refractivity contribution in [2.75, 3.05) is 14.1 Å². The summed E-state index contributed by atoms with van der Waals surface area (Å²) in [5, 5.41) is 4.74. The summed E-state index contributed by atoms with van der Waals surface area (Å²) in [7, 11) is 4.28. The molecule has 0 aromatic carbocycles. The van der Waals surface area contributed by atoms with Crippen LogP contribution in [0, 0.1) is 0 Å². The van der Waals surface area contributed by atoms with Crippen molar-refractivity contribution in [2.24, 2.45) is 0 Å². The SMILES string of the molecule is C=CCC[C@H]1CC[C@@H](C)N1N(C)C. The van der Waals surface area contributed by atoms with E-state index in [2.05, 4.69) is 37.6 Å². The molecule has 1 saturated heterocycles. The zero-order chi connectivity index (χ0) is 9.84. The Kier molecular flexibility index (Phi) is 3.94. The second-order valence-corrected chi connectivity index (χ2v) is 4.17. The van der Waals surface area contributed by atoms with Gasteiger partial charge < -0.3 is 0 Å². The first-order chi connectivity index (χ1) is 6.16. The Bertz CT molecular complexity index is 165. The van der Waals surface area contributed by atoms with Crippen LogP contribution in [0.4, 0.5) is 0 Å². The average molecular weight is 182 g/mol. The third-order valence-corrected chi connectivity index (χ3v) is 2.91. The predicted molar refractivity (Wildman–Crippen MR) is 57.4 cm³/mol. The molecule has 0 N–H and O–H groups in total. The first-order valence-electron chi connectivity index (χ1n) is 5.23. The molecule has 1 aliphatic rings. The highest BCUT2D eigenvalue weighted by atomic mass is 15.6. The van der Waals surface area contributed by atoms with Crippen LogP contribution in [-0.2, 0) is 0 Å². The minimum absolute atomic E-state index is 0.713. The lowest BCUT2D eigenvalue weighted by atomic mass is 10.1. The van der Waals surface area contributed by atoms with Crippen molar-refractivity contribution in [3.8, 4) is 0 Å². The molecule has 0 amide bonds. The molecule has 0 aromatic heterocycles. The standard InChI is InChI=1S/C11H22N2/c1-5-6-7-11-9-8-10(2)13(11)12(3)4/h5,10-11H,1,6-9H2,2-4H3/t10-,11+/m1/s1. The van der Waals surface area contributed by atoms with Crippen molar-refractivity contribution in [3.05, 3.63) is 12.7 Å². The van der Waals surface area contributed by atoms with E-state index in [1.165, 1.54) is 19.3 Å². The summed E-state index contributed by atoms with van der Waals surface area (Å²) >= 11 is 0. The third kappa shape index (κ3) is 2.55. The quantitative estimate of drug-likeness (QED) is 0.615. The van der Waals surface area contributed by atoms with Gasteiger partial charge in [-0.2, -0.15) is 0 Å². The van der Waals surface area contributed by atoms with E-state index in [0.29, 0.717) is 6.04 Å². The molecule has 76 valence electrons. The van der Waals surface area contributed by atoms with Crippen molar-refractivity contribution >= 4 is 0 Å². The molecule has 0 aliphatic carbocycles. The maximum Gasteiger partial charge on any atom is 0.0252 e. The Balaban J connectivity index is 2.48. The predicted octanol–water partition coefficient (Wildman–Crippen LogP) is 2.28. The molecule has 0 spiro atoms. The van der Waals surface area contributed by atoms with Crippen LogP contribution < -0.4 is 0 Å². The van der Waals surface area contributed by atoms with Gasteiger partial charge in [0.2, 0.25) is 0 Å². The number of hydrazine groups is 1. The van der Waals surface area contributed by atoms with Crippen LogP contribution >= 0.6 is 0 Å². The number of rotatable bonds is 4. The Hall–Kier alpha value is -0.340. The summed E-state index contributed by atoms with van der Waals surface area (Å²) in [5.41, 5.74) is 0. The third-order valence-electron chi connectivity index (χ3n) is 2.91. The summed E-state index contributed by atoms with van der Waals surface area (Å²) in [4.78, 5) is 0. The molecule has 0 unspecified atom stereocenters. The highest BCUT2D eigenvalue weighted by Gasteiger charge is 2.31. The van der Waals surface area contributed by atoms with Gasteiger partial charge in [0, 0.05) is 26.2 Å². The van der Waals surface area contributed by atoms with Gasteiger partial charge in [-0.25, -0.2) is 10.0 Å². The minimum atomic E-state index is 0.713. The summed E-state index contributed by atoms with van der Waals surface area (Å²) in [5.74, 6) is 0. The molecule has 2 nitrogen and oxygen atoms in total. The van der Waals surface area contributed by atoms with Crippen molar-refractivity contribution < 1.29 is 0 Å². The van der Waals surface area contributed by atoms with Gasteiger partial charge in [0.1, 0.15) is 0 Å². The fourth-order valence-electron chi connectivity index (χ4n) is 2.37. The van der Waals surface area contributed by atoms with Crippen LogP contribution in [0.3, 0.4) is 0 Å². The molecule has 2 heteroatoms. The smallest absolute Gasteiger partial charge is 0.0252 e. The topological polar surface area (TPSA) is 6.48 Å². The van der Waals surface area contributed by atoms with E-state index in [9.17, 15) is 0 Å². The lowest BCUT2D eigenvalue weighted by Gasteiger charge is -2.34. The molecular formula is C11H22N2. The molecule has 13 heavy (non-hydrogen) atoms. The average Bonchev–Trinajstić information content (AvgIpc) is 2.43. The Morgan fingerprint density at radius 3 is 2.69 bits per heavy atom. The van der Waals surface area contributed by atoms with Crippen LogP contribution in [0.25, 0.3) is 0 Å². The number of hydrogen-bond donors (Lipinski definition) is 0. The van der Waals surface area contributed by atoms with E-state index >= 15 is 0 Å². The first-order valence-corrected chi connectivity index (χ1v) is 5.23. The summed E-state index contributed by atoms with van der Waals surface area (Å²) in [6.45, 7) is 6.09. The van der Waals surface area contributed by atoms with Gasteiger partial charge in [-0.15, -0.1) is 6.58 Å². The van der Waals surface area contributed by atoms with Gasteiger partial charge in [-0.1, -0.05) is 6.08 Å². The van der Waals surface area contributed by atoms with Crippen molar-refractivity contribution in [2.45, 2.75) is 44.7 Å². The fraction of sp³-hybridized carbons (Fsp3) is 0.818. The van der Waals surface area contributed by atoms with E-state index in [1.54, 1.807) is 0 Å². The molecular weight excluding hydrogens is 160 g/mol. The lowest BCUT2D eigenvalue weighted by molar-refractivity contribution is -0.0214.